The minimum absolute atomic E-state index is 0. The van der Waals surface area contributed by atoms with Crippen molar-refractivity contribution in [1.29, 1.82) is 0 Å². The molecule has 1 amide bonds. The number of ether oxygens (including phenoxy) is 2. The average molecular weight is 490 g/mol. The van der Waals surface area contributed by atoms with E-state index in [1.165, 1.54) is 12.8 Å². The summed E-state index contributed by atoms with van der Waals surface area (Å²) < 4.78 is 10.9. The van der Waals surface area contributed by atoms with Gasteiger partial charge in [-0.1, -0.05) is 12.8 Å². The van der Waals surface area contributed by atoms with Crippen LogP contribution in [0.4, 0.5) is 5.69 Å². The third-order valence-electron chi connectivity index (χ3n) is 4.31. The largest absolute Gasteiger partial charge is 0.493 e. The van der Waals surface area contributed by atoms with Crippen molar-refractivity contribution >= 4 is 41.5 Å². The number of methoxy groups -OCH3 is 1. The minimum Gasteiger partial charge on any atom is -0.493 e. The molecular weight excluding hydrogens is 459 g/mol. The van der Waals surface area contributed by atoms with Crippen LogP contribution in [0.1, 0.15) is 39.0 Å². The zero-order chi connectivity index (χ0) is 18.8. The average Bonchev–Trinajstić information content (AvgIpc) is 3.15. The molecule has 0 atom stereocenters. The molecule has 0 bridgehead atoms. The molecular formula is C19H31IN4O3. The molecule has 152 valence electrons. The van der Waals surface area contributed by atoms with E-state index in [-0.39, 0.29) is 29.9 Å². The minimum atomic E-state index is 0. The number of hydrogen-bond acceptors (Lipinski definition) is 4. The fourth-order valence-electron chi connectivity index (χ4n) is 3.00. The number of aliphatic imine (C=N–C) groups is 1. The Balaban J connectivity index is 0.00000364. The van der Waals surface area contributed by atoms with E-state index in [2.05, 4.69) is 20.9 Å². The fourth-order valence-corrected chi connectivity index (χ4v) is 3.00. The third kappa shape index (κ3) is 7.82. The van der Waals surface area contributed by atoms with Gasteiger partial charge < -0.3 is 25.4 Å². The Morgan fingerprint density at radius 3 is 2.63 bits per heavy atom. The van der Waals surface area contributed by atoms with Crippen LogP contribution in [0.15, 0.2) is 23.2 Å². The lowest BCUT2D eigenvalue weighted by Crippen LogP contribution is -2.37. The first kappa shape index (κ1) is 23.3. The Morgan fingerprint density at radius 1 is 1.26 bits per heavy atom. The first-order chi connectivity index (χ1) is 12.7. The van der Waals surface area contributed by atoms with E-state index in [1.54, 1.807) is 14.2 Å². The summed E-state index contributed by atoms with van der Waals surface area (Å²) in [5.41, 5.74) is 0.828. The number of anilines is 1. The Hall–Kier alpha value is -1.71. The molecule has 1 aliphatic rings. The molecule has 0 spiro atoms. The first-order valence-corrected chi connectivity index (χ1v) is 9.24. The van der Waals surface area contributed by atoms with E-state index < -0.39 is 0 Å². The molecule has 8 heteroatoms. The summed E-state index contributed by atoms with van der Waals surface area (Å²) in [5.74, 6) is 2.04. The Bertz CT molecular complexity index is 619. The van der Waals surface area contributed by atoms with Crippen LogP contribution < -0.4 is 25.4 Å². The third-order valence-corrected chi connectivity index (χ3v) is 4.31. The summed E-state index contributed by atoms with van der Waals surface area (Å²) in [6.07, 6.45) is 5.05. The molecule has 0 aromatic heterocycles. The number of hydrogen-bond donors (Lipinski definition) is 3. The molecule has 1 aromatic rings. The second kappa shape index (κ2) is 12.6. The van der Waals surface area contributed by atoms with Gasteiger partial charge in [0.2, 0.25) is 5.91 Å². The van der Waals surface area contributed by atoms with Crippen molar-refractivity contribution in [1.82, 2.24) is 10.6 Å². The molecule has 3 N–H and O–H groups in total. The quantitative estimate of drug-likeness (QED) is 0.296. The van der Waals surface area contributed by atoms with E-state index in [9.17, 15) is 4.79 Å². The van der Waals surface area contributed by atoms with Crippen molar-refractivity contribution in [3.05, 3.63) is 18.2 Å². The van der Waals surface area contributed by atoms with E-state index in [4.69, 9.17) is 9.47 Å². The Kier molecular flexibility index (Phi) is 10.9. The van der Waals surface area contributed by atoms with Crippen LogP contribution >= 0.6 is 24.0 Å². The number of amides is 1. The number of benzene rings is 1. The van der Waals surface area contributed by atoms with Gasteiger partial charge in [0, 0.05) is 37.8 Å². The number of rotatable bonds is 8. The van der Waals surface area contributed by atoms with Crippen LogP contribution in [-0.2, 0) is 4.79 Å². The van der Waals surface area contributed by atoms with Crippen LogP contribution in [-0.4, -0.2) is 45.2 Å². The molecule has 0 aliphatic heterocycles. The number of carbonyl (C=O) groups excluding carboxylic acids is 1. The predicted octanol–water partition coefficient (Wildman–Crippen LogP) is 3.15. The maximum atomic E-state index is 12.0. The standard InChI is InChI=1S/C19H30N4O3.HI/c1-4-26-16-10-9-15(13-17(16)25-3)23-19(20-2)21-12-11-18(24)22-14-7-5-6-8-14;/h9-10,13-14H,4-8,11-12H2,1-3H3,(H,22,24)(H2,20,21,23);1H. The summed E-state index contributed by atoms with van der Waals surface area (Å²) in [5, 5.41) is 9.43. The Morgan fingerprint density at radius 2 is 2.00 bits per heavy atom. The maximum Gasteiger partial charge on any atom is 0.221 e. The van der Waals surface area contributed by atoms with Crippen LogP contribution in [0.5, 0.6) is 11.5 Å². The first-order valence-electron chi connectivity index (χ1n) is 9.24. The smallest absolute Gasteiger partial charge is 0.221 e. The molecule has 7 nitrogen and oxygen atoms in total. The second-order valence-corrected chi connectivity index (χ2v) is 6.22. The molecule has 1 aromatic carbocycles. The number of carbonyl (C=O) groups is 1. The lowest BCUT2D eigenvalue weighted by molar-refractivity contribution is -0.121. The van der Waals surface area contributed by atoms with Gasteiger partial charge in [-0.3, -0.25) is 9.79 Å². The molecule has 0 unspecified atom stereocenters. The molecule has 1 saturated carbocycles. The van der Waals surface area contributed by atoms with E-state index in [1.807, 2.05) is 25.1 Å². The highest BCUT2D eigenvalue weighted by Gasteiger charge is 2.16. The van der Waals surface area contributed by atoms with Crippen LogP contribution in [0.25, 0.3) is 0 Å². The normalized spacial score (nSPS) is 14.3. The number of nitrogens with one attached hydrogen (secondary N) is 3. The summed E-state index contributed by atoms with van der Waals surface area (Å²) >= 11 is 0. The summed E-state index contributed by atoms with van der Waals surface area (Å²) in [6.45, 7) is 3.03. The fraction of sp³-hybridized carbons (Fsp3) is 0.579. The molecule has 0 saturated heterocycles. The summed E-state index contributed by atoms with van der Waals surface area (Å²) in [7, 11) is 3.30. The van der Waals surface area contributed by atoms with Crippen molar-refractivity contribution in [3.63, 3.8) is 0 Å². The maximum absolute atomic E-state index is 12.0. The second-order valence-electron chi connectivity index (χ2n) is 6.22. The molecule has 27 heavy (non-hydrogen) atoms. The Labute approximate surface area is 178 Å². The van der Waals surface area contributed by atoms with Gasteiger partial charge in [0.25, 0.3) is 0 Å². The zero-order valence-electron chi connectivity index (χ0n) is 16.3. The van der Waals surface area contributed by atoms with Gasteiger partial charge in [-0.15, -0.1) is 24.0 Å². The highest BCUT2D eigenvalue weighted by Crippen LogP contribution is 2.30. The zero-order valence-corrected chi connectivity index (χ0v) is 18.7. The van der Waals surface area contributed by atoms with Crippen LogP contribution in [0.2, 0.25) is 0 Å². The lowest BCUT2D eigenvalue weighted by atomic mass is 10.2. The van der Waals surface area contributed by atoms with Crippen LogP contribution in [0.3, 0.4) is 0 Å². The van der Waals surface area contributed by atoms with Gasteiger partial charge in [0.15, 0.2) is 17.5 Å². The van der Waals surface area contributed by atoms with Gasteiger partial charge in [0.1, 0.15) is 0 Å². The summed E-state index contributed by atoms with van der Waals surface area (Å²) in [4.78, 5) is 16.2. The monoisotopic (exact) mass is 490 g/mol. The van der Waals surface area contributed by atoms with Gasteiger partial charge in [-0.2, -0.15) is 0 Å². The van der Waals surface area contributed by atoms with Gasteiger partial charge in [-0.05, 0) is 31.9 Å². The van der Waals surface area contributed by atoms with Crippen molar-refractivity contribution in [2.75, 3.05) is 32.6 Å². The highest BCUT2D eigenvalue weighted by molar-refractivity contribution is 14.0. The topological polar surface area (TPSA) is 84.0 Å². The van der Waals surface area contributed by atoms with E-state index in [0.717, 1.165) is 18.5 Å². The van der Waals surface area contributed by atoms with Gasteiger partial charge >= 0.3 is 0 Å². The van der Waals surface area contributed by atoms with Gasteiger partial charge in [0.05, 0.1) is 13.7 Å². The van der Waals surface area contributed by atoms with Crippen molar-refractivity contribution in [2.24, 2.45) is 4.99 Å². The van der Waals surface area contributed by atoms with E-state index >= 15 is 0 Å². The number of guanidine groups is 1. The van der Waals surface area contributed by atoms with Crippen molar-refractivity contribution in [2.45, 2.75) is 45.1 Å². The van der Waals surface area contributed by atoms with Crippen molar-refractivity contribution in [3.8, 4) is 11.5 Å². The summed E-state index contributed by atoms with van der Waals surface area (Å²) in [6, 6.07) is 5.96. The predicted molar refractivity (Wildman–Crippen MR) is 120 cm³/mol. The van der Waals surface area contributed by atoms with Crippen molar-refractivity contribution < 1.29 is 14.3 Å². The molecule has 1 aliphatic carbocycles. The molecule has 2 rings (SSSR count). The van der Waals surface area contributed by atoms with Gasteiger partial charge in [-0.25, -0.2) is 0 Å². The number of halogens is 1. The lowest BCUT2D eigenvalue weighted by Gasteiger charge is -2.15. The highest BCUT2D eigenvalue weighted by atomic mass is 127. The molecule has 0 radical (unpaired) electrons. The van der Waals surface area contributed by atoms with E-state index in [0.29, 0.717) is 43.1 Å². The number of nitrogens with zero attached hydrogens (tertiary/aromatic N) is 1. The molecule has 0 heterocycles. The molecule has 1 fully saturated rings. The van der Waals surface area contributed by atoms with Crippen LogP contribution in [0, 0.1) is 0 Å². The SMILES string of the molecule is CCOc1ccc(NC(=NC)NCCC(=O)NC2CCCC2)cc1OC.I.